The standard InChI is InChI=1S/C21H32N4O.HI/c1-4-22-21(24-18-10-11-25(14-18)20(26)15(2)3)23-13-17-12-19(17)16-8-6-5-7-9-16;/h5-9,15,17-19H,4,10-14H2,1-3H3,(H2,22,23,24);1H. The molecule has 2 aliphatic rings. The molecule has 1 aliphatic heterocycles. The number of hydrogen-bond acceptors (Lipinski definition) is 2. The van der Waals surface area contributed by atoms with E-state index in [-0.39, 0.29) is 35.8 Å². The Morgan fingerprint density at radius 2 is 2.04 bits per heavy atom. The number of rotatable bonds is 6. The third kappa shape index (κ3) is 6.09. The second-order valence-corrected chi connectivity index (χ2v) is 7.80. The summed E-state index contributed by atoms with van der Waals surface area (Å²) in [6.07, 6.45) is 2.21. The first-order valence-electron chi connectivity index (χ1n) is 9.97. The first kappa shape index (κ1) is 22.0. The van der Waals surface area contributed by atoms with E-state index < -0.39 is 0 Å². The molecule has 150 valence electrons. The zero-order valence-corrected chi connectivity index (χ0v) is 19.0. The fourth-order valence-electron chi connectivity index (χ4n) is 3.72. The highest BCUT2D eigenvalue weighted by Crippen LogP contribution is 2.47. The predicted molar refractivity (Wildman–Crippen MR) is 122 cm³/mol. The Bertz CT molecular complexity index is 634. The van der Waals surface area contributed by atoms with E-state index in [0.717, 1.165) is 38.6 Å². The van der Waals surface area contributed by atoms with Crippen LogP contribution in [0.2, 0.25) is 0 Å². The number of hydrogen-bond donors (Lipinski definition) is 2. The number of aliphatic imine (C=N–C) groups is 1. The van der Waals surface area contributed by atoms with Crippen molar-refractivity contribution in [3.05, 3.63) is 35.9 Å². The van der Waals surface area contributed by atoms with Crippen molar-refractivity contribution in [2.45, 2.75) is 45.6 Å². The average molecular weight is 484 g/mol. The number of amides is 1. The van der Waals surface area contributed by atoms with Gasteiger partial charge in [-0.05, 0) is 37.2 Å². The van der Waals surface area contributed by atoms with E-state index in [1.807, 2.05) is 18.7 Å². The van der Waals surface area contributed by atoms with Crippen LogP contribution >= 0.6 is 24.0 Å². The molecule has 1 aromatic carbocycles. The smallest absolute Gasteiger partial charge is 0.225 e. The largest absolute Gasteiger partial charge is 0.357 e. The summed E-state index contributed by atoms with van der Waals surface area (Å²) in [4.78, 5) is 18.9. The van der Waals surface area contributed by atoms with Gasteiger partial charge in [0.2, 0.25) is 5.91 Å². The molecular weight excluding hydrogens is 451 g/mol. The Morgan fingerprint density at radius 1 is 1.30 bits per heavy atom. The van der Waals surface area contributed by atoms with Crippen LogP contribution in [-0.2, 0) is 4.79 Å². The summed E-state index contributed by atoms with van der Waals surface area (Å²) >= 11 is 0. The van der Waals surface area contributed by atoms with E-state index in [1.165, 1.54) is 12.0 Å². The van der Waals surface area contributed by atoms with Crippen molar-refractivity contribution in [1.29, 1.82) is 0 Å². The molecule has 1 aliphatic carbocycles. The van der Waals surface area contributed by atoms with Crippen molar-refractivity contribution in [3.8, 4) is 0 Å². The Labute approximate surface area is 180 Å². The van der Waals surface area contributed by atoms with Crippen molar-refractivity contribution in [2.75, 3.05) is 26.2 Å². The maximum atomic E-state index is 12.1. The minimum Gasteiger partial charge on any atom is -0.357 e. The van der Waals surface area contributed by atoms with Crippen molar-refractivity contribution in [2.24, 2.45) is 16.8 Å². The molecule has 27 heavy (non-hydrogen) atoms. The molecule has 1 heterocycles. The number of halogens is 1. The van der Waals surface area contributed by atoms with Gasteiger partial charge in [0.05, 0.1) is 0 Å². The highest BCUT2D eigenvalue weighted by atomic mass is 127. The van der Waals surface area contributed by atoms with Gasteiger partial charge >= 0.3 is 0 Å². The van der Waals surface area contributed by atoms with Gasteiger partial charge in [-0.25, -0.2) is 0 Å². The van der Waals surface area contributed by atoms with Crippen LogP contribution in [0.4, 0.5) is 0 Å². The highest BCUT2D eigenvalue weighted by molar-refractivity contribution is 14.0. The molecular formula is C21H33IN4O. The average Bonchev–Trinajstić information content (AvgIpc) is 3.28. The van der Waals surface area contributed by atoms with Gasteiger partial charge in [-0.1, -0.05) is 44.2 Å². The molecule has 6 heteroatoms. The summed E-state index contributed by atoms with van der Waals surface area (Å²) in [6, 6.07) is 11.0. The summed E-state index contributed by atoms with van der Waals surface area (Å²) in [5.74, 6) is 2.51. The summed E-state index contributed by atoms with van der Waals surface area (Å²) < 4.78 is 0. The maximum absolute atomic E-state index is 12.1. The highest BCUT2D eigenvalue weighted by Gasteiger charge is 2.38. The summed E-state index contributed by atoms with van der Waals surface area (Å²) in [6.45, 7) is 9.34. The fraction of sp³-hybridized carbons (Fsp3) is 0.619. The molecule has 0 bridgehead atoms. The zero-order chi connectivity index (χ0) is 18.5. The predicted octanol–water partition coefficient (Wildman–Crippen LogP) is 3.22. The van der Waals surface area contributed by atoms with Crippen LogP contribution in [0, 0.1) is 11.8 Å². The molecule has 3 unspecified atom stereocenters. The normalized spacial score (nSPS) is 24.5. The summed E-state index contributed by atoms with van der Waals surface area (Å²) in [5, 5.41) is 6.87. The van der Waals surface area contributed by atoms with Crippen LogP contribution in [0.15, 0.2) is 35.3 Å². The lowest BCUT2D eigenvalue weighted by Gasteiger charge is -2.20. The van der Waals surface area contributed by atoms with Crippen LogP contribution in [0.1, 0.15) is 45.1 Å². The van der Waals surface area contributed by atoms with Crippen LogP contribution in [-0.4, -0.2) is 49.0 Å². The minimum absolute atomic E-state index is 0. The van der Waals surface area contributed by atoms with Crippen molar-refractivity contribution >= 4 is 35.8 Å². The number of likely N-dealkylation sites (tertiary alicyclic amines) is 1. The Hall–Kier alpha value is -1.31. The van der Waals surface area contributed by atoms with Crippen molar-refractivity contribution in [3.63, 3.8) is 0 Å². The zero-order valence-electron chi connectivity index (χ0n) is 16.6. The summed E-state index contributed by atoms with van der Waals surface area (Å²) in [5.41, 5.74) is 1.43. The molecule has 1 aromatic rings. The van der Waals surface area contributed by atoms with E-state index in [0.29, 0.717) is 17.9 Å². The summed E-state index contributed by atoms with van der Waals surface area (Å²) in [7, 11) is 0. The van der Waals surface area contributed by atoms with Gasteiger partial charge in [-0.15, -0.1) is 24.0 Å². The van der Waals surface area contributed by atoms with Gasteiger partial charge in [-0.3, -0.25) is 9.79 Å². The lowest BCUT2D eigenvalue weighted by atomic mass is 10.1. The van der Waals surface area contributed by atoms with Gasteiger partial charge in [0, 0.05) is 38.1 Å². The van der Waals surface area contributed by atoms with Gasteiger partial charge < -0.3 is 15.5 Å². The molecule has 0 aromatic heterocycles. The third-order valence-electron chi connectivity index (χ3n) is 5.31. The molecule has 2 fully saturated rings. The van der Waals surface area contributed by atoms with Crippen molar-refractivity contribution < 1.29 is 4.79 Å². The van der Waals surface area contributed by atoms with E-state index in [9.17, 15) is 4.79 Å². The second kappa shape index (κ2) is 10.3. The number of carbonyl (C=O) groups excluding carboxylic acids is 1. The van der Waals surface area contributed by atoms with E-state index >= 15 is 0 Å². The number of benzene rings is 1. The first-order chi connectivity index (χ1) is 12.6. The van der Waals surface area contributed by atoms with Gasteiger partial charge in [0.1, 0.15) is 0 Å². The lowest BCUT2D eigenvalue weighted by molar-refractivity contribution is -0.133. The molecule has 0 radical (unpaired) electrons. The quantitative estimate of drug-likeness (QED) is 0.371. The van der Waals surface area contributed by atoms with Crippen LogP contribution in [0.5, 0.6) is 0 Å². The maximum Gasteiger partial charge on any atom is 0.225 e. The molecule has 0 spiro atoms. The molecule has 5 nitrogen and oxygen atoms in total. The van der Waals surface area contributed by atoms with Crippen molar-refractivity contribution in [1.82, 2.24) is 15.5 Å². The Balaban J connectivity index is 0.00000261. The molecule has 1 amide bonds. The van der Waals surface area contributed by atoms with Crippen LogP contribution < -0.4 is 10.6 Å². The Morgan fingerprint density at radius 3 is 2.70 bits per heavy atom. The molecule has 3 atom stereocenters. The molecule has 1 saturated heterocycles. The number of guanidine groups is 1. The number of carbonyl (C=O) groups is 1. The van der Waals surface area contributed by atoms with E-state index in [1.54, 1.807) is 0 Å². The molecule has 2 N–H and O–H groups in total. The Kier molecular flexibility index (Phi) is 8.38. The van der Waals surface area contributed by atoms with Crippen LogP contribution in [0.3, 0.4) is 0 Å². The second-order valence-electron chi connectivity index (χ2n) is 7.80. The molecule has 1 saturated carbocycles. The van der Waals surface area contributed by atoms with Gasteiger partial charge in [-0.2, -0.15) is 0 Å². The topological polar surface area (TPSA) is 56.7 Å². The lowest BCUT2D eigenvalue weighted by Crippen LogP contribution is -2.45. The fourth-order valence-corrected chi connectivity index (χ4v) is 3.72. The number of nitrogens with zero attached hydrogens (tertiary/aromatic N) is 2. The first-order valence-corrected chi connectivity index (χ1v) is 9.97. The SMILES string of the molecule is CCNC(=NCC1CC1c1ccccc1)NC1CCN(C(=O)C(C)C)C1.I. The molecule has 3 rings (SSSR count). The van der Waals surface area contributed by atoms with E-state index in [2.05, 4.69) is 47.9 Å². The minimum atomic E-state index is 0. The monoisotopic (exact) mass is 484 g/mol. The number of nitrogens with one attached hydrogen (secondary N) is 2. The van der Waals surface area contributed by atoms with E-state index in [4.69, 9.17) is 4.99 Å². The van der Waals surface area contributed by atoms with Gasteiger partial charge in [0.15, 0.2) is 5.96 Å². The third-order valence-corrected chi connectivity index (χ3v) is 5.31. The van der Waals surface area contributed by atoms with Gasteiger partial charge in [0.25, 0.3) is 0 Å². The van der Waals surface area contributed by atoms with Crippen LogP contribution in [0.25, 0.3) is 0 Å².